The Morgan fingerprint density at radius 1 is 1.09 bits per heavy atom. The van der Waals surface area contributed by atoms with Crippen molar-refractivity contribution in [3.63, 3.8) is 0 Å². The van der Waals surface area contributed by atoms with Gasteiger partial charge in [0.05, 0.1) is 16.9 Å². The SMILES string of the molecule is Cc1nscc1-c1cccc(B2OC(C)(C)C(C)(C)O2)c1F. The van der Waals surface area contributed by atoms with Gasteiger partial charge in [0.25, 0.3) is 0 Å². The Morgan fingerprint density at radius 2 is 1.73 bits per heavy atom. The maximum absolute atomic E-state index is 15.0. The summed E-state index contributed by atoms with van der Waals surface area (Å²) in [5.41, 5.74) is 1.65. The number of benzene rings is 1. The van der Waals surface area contributed by atoms with Crippen molar-refractivity contribution in [3.05, 3.63) is 35.1 Å². The molecule has 1 aliphatic heterocycles. The second kappa shape index (κ2) is 5.15. The molecule has 1 aromatic heterocycles. The number of hydrogen-bond acceptors (Lipinski definition) is 4. The molecular weight excluding hydrogens is 300 g/mol. The lowest BCUT2D eigenvalue weighted by Crippen LogP contribution is -2.41. The first kappa shape index (κ1) is 15.7. The Hall–Kier alpha value is -1.24. The molecule has 1 aromatic carbocycles. The van der Waals surface area contributed by atoms with Crippen LogP contribution in [0.5, 0.6) is 0 Å². The lowest BCUT2D eigenvalue weighted by atomic mass is 9.77. The summed E-state index contributed by atoms with van der Waals surface area (Å²) in [7, 11) is -0.697. The first-order valence-electron chi connectivity index (χ1n) is 7.28. The molecule has 0 spiro atoms. The zero-order chi connectivity index (χ0) is 16.1. The van der Waals surface area contributed by atoms with E-state index in [1.807, 2.05) is 46.1 Å². The predicted octanol–water partition coefficient (Wildman–Crippen LogP) is 3.56. The van der Waals surface area contributed by atoms with Crippen molar-refractivity contribution in [1.82, 2.24) is 4.37 Å². The minimum absolute atomic E-state index is 0.302. The van der Waals surface area contributed by atoms with Crippen molar-refractivity contribution in [2.75, 3.05) is 0 Å². The second-order valence-electron chi connectivity index (χ2n) is 6.61. The standard InChI is InChI=1S/C16H19BFNO2S/c1-10-12(9-22-19-10)11-7-6-8-13(14(11)18)17-20-15(2,3)16(4,5)21-17/h6-9H,1-5H3. The Balaban J connectivity index is 2.02. The van der Waals surface area contributed by atoms with Gasteiger partial charge in [0, 0.05) is 22.0 Å². The van der Waals surface area contributed by atoms with Crippen LogP contribution in [0.4, 0.5) is 4.39 Å². The van der Waals surface area contributed by atoms with E-state index in [-0.39, 0.29) is 5.82 Å². The van der Waals surface area contributed by atoms with E-state index in [1.165, 1.54) is 11.5 Å². The van der Waals surface area contributed by atoms with Crippen molar-refractivity contribution in [2.24, 2.45) is 0 Å². The quantitative estimate of drug-likeness (QED) is 0.793. The molecule has 0 radical (unpaired) electrons. The van der Waals surface area contributed by atoms with Gasteiger partial charge in [-0.1, -0.05) is 18.2 Å². The maximum Gasteiger partial charge on any atom is 0.497 e. The van der Waals surface area contributed by atoms with Crippen LogP contribution < -0.4 is 5.46 Å². The maximum atomic E-state index is 15.0. The summed E-state index contributed by atoms with van der Waals surface area (Å²) in [5.74, 6) is -0.302. The molecule has 0 bridgehead atoms. The number of halogens is 1. The highest BCUT2D eigenvalue weighted by atomic mass is 32.1. The van der Waals surface area contributed by atoms with Gasteiger partial charge in [0.15, 0.2) is 0 Å². The zero-order valence-corrected chi connectivity index (χ0v) is 14.3. The van der Waals surface area contributed by atoms with Crippen LogP contribution in [-0.2, 0) is 9.31 Å². The van der Waals surface area contributed by atoms with Crippen LogP contribution in [0.3, 0.4) is 0 Å². The topological polar surface area (TPSA) is 31.4 Å². The van der Waals surface area contributed by atoms with E-state index in [4.69, 9.17) is 9.31 Å². The summed E-state index contributed by atoms with van der Waals surface area (Å²) in [4.78, 5) is 0. The fourth-order valence-corrected chi connectivity index (χ4v) is 3.17. The summed E-state index contributed by atoms with van der Waals surface area (Å²) in [6.07, 6.45) is 0. The third-order valence-electron chi connectivity index (χ3n) is 4.58. The normalized spacial score (nSPS) is 19.6. The minimum atomic E-state index is -0.697. The summed E-state index contributed by atoms with van der Waals surface area (Å²) < 4.78 is 31.1. The summed E-state index contributed by atoms with van der Waals surface area (Å²) in [6, 6.07) is 5.31. The molecule has 3 rings (SSSR count). The van der Waals surface area contributed by atoms with E-state index in [9.17, 15) is 4.39 Å². The van der Waals surface area contributed by atoms with E-state index in [0.29, 0.717) is 11.0 Å². The Labute approximate surface area is 134 Å². The lowest BCUT2D eigenvalue weighted by molar-refractivity contribution is 0.00578. The van der Waals surface area contributed by atoms with Crippen molar-refractivity contribution < 1.29 is 13.7 Å². The molecule has 0 unspecified atom stereocenters. The van der Waals surface area contributed by atoms with Crippen LogP contribution in [0.2, 0.25) is 0 Å². The van der Waals surface area contributed by atoms with Gasteiger partial charge in [-0.3, -0.25) is 0 Å². The molecular formula is C16H19BFNO2S. The minimum Gasteiger partial charge on any atom is -0.399 e. The Kier molecular flexibility index (Phi) is 3.66. The third kappa shape index (κ3) is 2.39. The number of aryl methyl sites for hydroxylation is 1. The van der Waals surface area contributed by atoms with Crippen molar-refractivity contribution >= 4 is 24.1 Å². The average Bonchev–Trinajstić information content (AvgIpc) is 2.91. The molecule has 22 heavy (non-hydrogen) atoms. The van der Waals surface area contributed by atoms with Crippen LogP contribution >= 0.6 is 11.5 Å². The molecule has 3 nitrogen and oxygen atoms in total. The van der Waals surface area contributed by atoms with Gasteiger partial charge in [-0.15, -0.1) is 0 Å². The molecule has 116 valence electrons. The fourth-order valence-electron chi connectivity index (χ4n) is 2.46. The van der Waals surface area contributed by atoms with Crippen molar-refractivity contribution in [2.45, 2.75) is 45.8 Å². The van der Waals surface area contributed by atoms with E-state index in [1.54, 1.807) is 12.1 Å². The number of rotatable bonds is 2. The molecule has 2 aromatic rings. The molecule has 2 heterocycles. The highest BCUT2D eigenvalue weighted by molar-refractivity contribution is 7.04. The first-order valence-corrected chi connectivity index (χ1v) is 8.12. The third-order valence-corrected chi connectivity index (χ3v) is 5.30. The van der Waals surface area contributed by atoms with E-state index in [0.717, 1.165) is 11.3 Å². The monoisotopic (exact) mass is 319 g/mol. The molecule has 1 fully saturated rings. The number of hydrogen-bond donors (Lipinski definition) is 0. The van der Waals surface area contributed by atoms with Crippen molar-refractivity contribution in [1.29, 1.82) is 0 Å². The summed E-state index contributed by atoms with van der Waals surface area (Å²) >= 11 is 1.33. The Bertz CT molecular complexity index is 698. The number of aromatic nitrogens is 1. The molecule has 0 aliphatic carbocycles. The molecule has 1 saturated heterocycles. The highest BCUT2D eigenvalue weighted by Gasteiger charge is 2.52. The molecule has 0 amide bonds. The van der Waals surface area contributed by atoms with Crippen LogP contribution in [0, 0.1) is 12.7 Å². The van der Waals surface area contributed by atoms with Crippen LogP contribution in [-0.4, -0.2) is 22.7 Å². The van der Waals surface area contributed by atoms with E-state index < -0.39 is 18.3 Å². The number of nitrogens with zero attached hydrogens (tertiary/aromatic N) is 1. The van der Waals surface area contributed by atoms with Crippen LogP contribution in [0.15, 0.2) is 23.6 Å². The largest absolute Gasteiger partial charge is 0.497 e. The van der Waals surface area contributed by atoms with Gasteiger partial charge < -0.3 is 9.31 Å². The van der Waals surface area contributed by atoms with Gasteiger partial charge in [-0.25, -0.2) is 4.39 Å². The molecule has 0 atom stereocenters. The molecule has 0 N–H and O–H groups in total. The summed E-state index contributed by atoms with van der Waals surface area (Å²) in [6.45, 7) is 9.72. The molecule has 0 saturated carbocycles. The van der Waals surface area contributed by atoms with Gasteiger partial charge >= 0.3 is 7.12 Å². The van der Waals surface area contributed by atoms with Crippen molar-refractivity contribution in [3.8, 4) is 11.1 Å². The van der Waals surface area contributed by atoms with E-state index >= 15 is 0 Å². The molecule has 6 heteroatoms. The highest BCUT2D eigenvalue weighted by Crippen LogP contribution is 2.37. The van der Waals surface area contributed by atoms with Crippen LogP contribution in [0.25, 0.3) is 11.1 Å². The summed E-state index contributed by atoms with van der Waals surface area (Å²) in [5, 5.41) is 1.86. The first-order chi connectivity index (χ1) is 10.2. The zero-order valence-electron chi connectivity index (χ0n) is 13.4. The van der Waals surface area contributed by atoms with Gasteiger partial charge in [0.1, 0.15) is 5.82 Å². The Morgan fingerprint density at radius 3 is 2.27 bits per heavy atom. The van der Waals surface area contributed by atoms with Gasteiger partial charge in [-0.2, -0.15) is 4.37 Å². The second-order valence-corrected chi connectivity index (χ2v) is 7.24. The fraction of sp³-hybridized carbons (Fsp3) is 0.438. The smallest absolute Gasteiger partial charge is 0.399 e. The van der Waals surface area contributed by atoms with E-state index in [2.05, 4.69) is 4.37 Å². The van der Waals surface area contributed by atoms with Gasteiger partial charge in [-0.05, 0) is 46.2 Å². The molecule has 1 aliphatic rings. The van der Waals surface area contributed by atoms with Crippen LogP contribution in [0.1, 0.15) is 33.4 Å². The van der Waals surface area contributed by atoms with Gasteiger partial charge in [0.2, 0.25) is 0 Å². The average molecular weight is 319 g/mol. The lowest BCUT2D eigenvalue weighted by Gasteiger charge is -2.32. The predicted molar refractivity (Wildman–Crippen MR) is 88.0 cm³/mol.